The minimum Gasteiger partial charge on any atom is -0.378 e. The summed E-state index contributed by atoms with van der Waals surface area (Å²) in [6.45, 7) is 6.87. The lowest BCUT2D eigenvalue weighted by Crippen LogP contribution is -2.37. The lowest BCUT2D eigenvalue weighted by atomic mass is 10.1. The number of ether oxygens (including phenoxy) is 1. The maximum atomic E-state index is 13.6. The molecular formula is C28H29N5O2S. The number of aromatic nitrogens is 3. The molecule has 1 atom stereocenters. The van der Waals surface area contributed by atoms with Crippen LogP contribution in [-0.4, -0.2) is 47.0 Å². The Morgan fingerprint density at radius 3 is 2.39 bits per heavy atom. The average Bonchev–Trinajstić information content (AvgIpc) is 3.33. The molecule has 2 heterocycles. The third kappa shape index (κ3) is 5.45. The fourth-order valence-corrected chi connectivity index (χ4v) is 5.20. The fraction of sp³-hybridized carbons (Fsp3) is 0.250. The van der Waals surface area contributed by atoms with Crippen molar-refractivity contribution in [2.24, 2.45) is 0 Å². The molecule has 0 bridgehead atoms. The van der Waals surface area contributed by atoms with E-state index in [9.17, 15) is 4.79 Å². The highest BCUT2D eigenvalue weighted by Crippen LogP contribution is 2.38. The lowest BCUT2D eigenvalue weighted by Gasteiger charge is -2.28. The van der Waals surface area contributed by atoms with Crippen LogP contribution in [-0.2, 0) is 9.53 Å². The Balaban J connectivity index is 1.52. The van der Waals surface area contributed by atoms with Crippen LogP contribution in [0, 0.1) is 13.8 Å². The number of carbonyl (C=O) groups excluding carboxylic acids is 1. The first-order valence-electron chi connectivity index (χ1n) is 12.0. The van der Waals surface area contributed by atoms with Crippen molar-refractivity contribution in [1.82, 2.24) is 14.8 Å². The van der Waals surface area contributed by atoms with E-state index in [4.69, 9.17) is 4.74 Å². The van der Waals surface area contributed by atoms with E-state index in [2.05, 4.69) is 44.0 Å². The first-order valence-corrected chi connectivity index (χ1v) is 12.9. The average molecular weight is 500 g/mol. The summed E-state index contributed by atoms with van der Waals surface area (Å²) in [6.07, 6.45) is 0. The van der Waals surface area contributed by atoms with E-state index in [0.717, 1.165) is 47.1 Å². The molecular weight excluding hydrogens is 470 g/mol. The van der Waals surface area contributed by atoms with E-state index in [1.54, 1.807) is 0 Å². The first-order chi connectivity index (χ1) is 17.6. The normalized spacial score (nSPS) is 14.4. The van der Waals surface area contributed by atoms with Gasteiger partial charge in [-0.05, 0) is 49.2 Å². The van der Waals surface area contributed by atoms with Gasteiger partial charge in [0.05, 0.1) is 18.9 Å². The maximum absolute atomic E-state index is 13.6. The van der Waals surface area contributed by atoms with Crippen LogP contribution in [0.5, 0.6) is 0 Å². The van der Waals surface area contributed by atoms with Crippen LogP contribution in [0.3, 0.4) is 0 Å². The third-order valence-corrected chi connectivity index (χ3v) is 7.25. The van der Waals surface area contributed by atoms with Crippen molar-refractivity contribution in [3.63, 3.8) is 0 Å². The summed E-state index contributed by atoms with van der Waals surface area (Å²) in [5.74, 6) is 0.652. The Morgan fingerprint density at radius 1 is 0.917 bits per heavy atom. The number of aryl methyl sites for hydroxylation is 2. The summed E-state index contributed by atoms with van der Waals surface area (Å²) in [4.78, 5) is 15.8. The van der Waals surface area contributed by atoms with Gasteiger partial charge in [0.15, 0.2) is 5.16 Å². The molecule has 1 aliphatic rings. The van der Waals surface area contributed by atoms with Crippen LogP contribution in [0.1, 0.15) is 21.9 Å². The number of nitrogens with zero attached hydrogens (tertiary/aromatic N) is 4. The first kappa shape index (κ1) is 24.1. The summed E-state index contributed by atoms with van der Waals surface area (Å²) in [6, 6.07) is 25.9. The fourth-order valence-electron chi connectivity index (χ4n) is 4.15. The van der Waals surface area contributed by atoms with Gasteiger partial charge in [-0.25, -0.2) is 0 Å². The molecule has 3 aromatic carbocycles. The quantitative estimate of drug-likeness (QED) is 0.353. The van der Waals surface area contributed by atoms with Gasteiger partial charge in [0.25, 0.3) is 0 Å². The Kier molecular flexibility index (Phi) is 7.34. The molecule has 0 spiro atoms. The molecule has 1 unspecified atom stereocenters. The smallest absolute Gasteiger partial charge is 0.242 e. The van der Waals surface area contributed by atoms with E-state index < -0.39 is 5.25 Å². The van der Waals surface area contributed by atoms with Crippen LogP contribution in [0.25, 0.3) is 5.69 Å². The van der Waals surface area contributed by atoms with Gasteiger partial charge in [-0.15, -0.1) is 10.2 Å². The van der Waals surface area contributed by atoms with Crippen molar-refractivity contribution in [3.8, 4) is 5.69 Å². The number of hydrogen-bond donors (Lipinski definition) is 1. The van der Waals surface area contributed by atoms with Crippen molar-refractivity contribution in [1.29, 1.82) is 0 Å². The summed E-state index contributed by atoms with van der Waals surface area (Å²) < 4.78 is 7.61. The number of carbonyl (C=O) groups is 1. The Bertz CT molecular complexity index is 1320. The highest BCUT2D eigenvalue weighted by Gasteiger charge is 2.28. The topological polar surface area (TPSA) is 72.3 Å². The van der Waals surface area contributed by atoms with Gasteiger partial charge in [0, 0.05) is 18.8 Å². The molecule has 184 valence electrons. The molecule has 0 saturated carbocycles. The summed E-state index contributed by atoms with van der Waals surface area (Å²) in [5, 5.41) is 12.4. The largest absolute Gasteiger partial charge is 0.378 e. The molecule has 8 heteroatoms. The molecule has 1 aliphatic heterocycles. The molecule has 1 aromatic heterocycles. The van der Waals surface area contributed by atoms with Crippen molar-refractivity contribution in [2.75, 3.05) is 36.5 Å². The second-order valence-corrected chi connectivity index (χ2v) is 9.89. The highest BCUT2D eigenvalue weighted by molar-refractivity contribution is 8.00. The number of benzene rings is 3. The molecule has 0 radical (unpaired) electrons. The maximum Gasteiger partial charge on any atom is 0.242 e. The summed E-state index contributed by atoms with van der Waals surface area (Å²) in [7, 11) is 0. The zero-order valence-corrected chi connectivity index (χ0v) is 21.2. The van der Waals surface area contributed by atoms with Crippen LogP contribution >= 0.6 is 11.8 Å². The number of morpholine rings is 1. The summed E-state index contributed by atoms with van der Waals surface area (Å²) in [5.41, 5.74) is 4.92. The van der Waals surface area contributed by atoms with E-state index >= 15 is 0 Å². The Labute approximate surface area is 215 Å². The zero-order chi connectivity index (χ0) is 24.9. The number of anilines is 2. The molecule has 5 rings (SSSR count). The minimum atomic E-state index is -0.516. The predicted molar refractivity (Wildman–Crippen MR) is 144 cm³/mol. The Hall–Kier alpha value is -3.62. The SMILES string of the molecule is Cc1ccc(NC(=O)C(Sc2nnc(N3CCOCC3)n2-c2cccc(C)c2)c2ccccc2)cc1. The van der Waals surface area contributed by atoms with Crippen molar-refractivity contribution >= 4 is 29.3 Å². The zero-order valence-electron chi connectivity index (χ0n) is 20.4. The van der Waals surface area contributed by atoms with E-state index in [-0.39, 0.29) is 5.91 Å². The molecule has 0 aliphatic carbocycles. The van der Waals surface area contributed by atoms with E-state index in [1.807, 2.05) is 73.7 Å². The minimum absolute atomic E-state index is 0.109. The van der Waals surface area contributed by atoms with Crippen LogP contribution in [0.15, 0.2) is 84.0 Å². The van der Waals surface area contributed by atoms with E-state index in [0.29, 0.717) is 18.4 Å². The second kappa shape index (κ2) is 11.0. The monoisotopic (exact) mass is 499 g/mol. The Morgan fingerprint density at radius 2 is 1.67 bits per heavy atom. The van der Waals surface area contributed by atoms with Gasteiger partial charge in [0.2, 0.25) is 11.9 Å². The number of thioether (sulfide) groups is 1. The standard InChI is InChI=1S/C28H29N5O2S/c1-20-11-13-23(14-12-20)29-26(34)25(22-8-4-3-5-9-22)36-28-31-30-27(32-15-17-35-18-16-32)33(28)24-10-6-7-21(2)19-24/h3-14,19,25H,15-18H2,1-2H3,(H,29,34). The molecule has 4 aromatic rings. The molecule has 7 nitrogen and oxygen atoms in total. The van der Waals surface area contributed by atoms with E-state index in [1.165, 1.54) is 11.8 Å². The number of amides is 1. The van der Waals surface area contributed by atoms with Crippen molar-refractivity contribution < 1.29 is 9.53 Å². The number of rotatable bonds is 7. The molecule has 1 amide bonds. The lowest BCUT2D eigenvalue weighted by molar-refractivity contribution is -0.115. The van der Waals surface area contributed by atoms with Gasteiger partial charge in [-0.1, -0.05) is 71.9 Å². The van der Waals surface area contributed by atoms with Gasteiger partial charge in [-0.3, -0.25) is 9.36 Å². The van der Waals surface area contributed by atoms with Gasteiger partial charge >= 0.3 is 0 Å². The molecule has 1 fully saturated rings. The molecule has 36 heavy (non-hydrogen) atoms. The van der Waals surface area contributed by atoms with Gasteiger partial charge in [-0.2, -0.15) is 0 Å². The number of nitrogens with one attached hydrogen (secondary N) is 1. The van der Waals surface area contributed by atoms with Crippen molar-refractivity contribution in [2.45, 2.75) is 24.3 Å². The number of hydrogen-bond acceptors (Lipinski definition) is 6. The predicted octanol–water partition coefficient (Wildman–Crippen LogP) is 5.19. The van der Waals surface area contributed by atoms with Gasteiger partial charge < -0.3 is 15.0 Å². The van der Waals surface area contributed by atoms with Crippen LogP contribution < -0.4 is 10.2 Å². The molecule has 1 saturated heterocycles. The second-order valence-electron chi connectivity index (χ2n) is 8.82. The highest BCUT2D eigenvalue weighted by atomic mass is 32.2. The van der Waals surface area contributed by atoms with Crippen LogP contribution in [0.4, 0.5) is 11.6 Å². The van der Waals surface area contributed by atoms with Crippen LogP contribution in [0.2, 0.25) is 0 Å². The van der Waals surface area contributed by atoms with Crippen molar-refractivity contribution in [3.05, 3.63) is 95.6 Å². The summed E-state index contributed by atoms with van der Waals surface area (Å²) >= 11 is 1.40. The molecule has 1 N–H and O–H groups in total. The third-order valence-electron chi connectivity index (χ3n) is 6.05. The van der Waals surface area contributed by atoms with Gasteiger partial charge in [0.1, 0.15) is 5.25 Å².